The minimum atomic E-state index is 0.254. The fourth-order valence-electron chi connectivity index (χ4n) is 2.70. The van der Waals surface area contributed by atoms with Gasteiger partial charge in [-0.05, 0) is 24.3 Å². The highest BCUT2D eigenvalue weighted by Crippen LogP contribution is 2.34. The minimum absolute atomic E-state index is 0.254. The normalized spacial score (nSPS) is 13.0. The van der Waals surface area contributed by atoms with Gasteiger partial charge in [0.25, 0.3) is 0 Å². The number of nitrogens with zero attached hydrogens (tertiary/aromatic N) is 4. The Labute approximate surface area is 156 Å². The van der Waals surface area contributed by atoms with Crippen molar-refractivity contribution in [2.24, 2.45) is 4.99 Å². The molecule has 2 N–H and O–H groups in total. The minimum Gasteiger partial charge on any atom is -0.492 e. The van der Waals surface area contributed by atoms with E-state index >= 15 is 0 Å². The SMILES string of the molecule is CN=C(NCCOc1ccc2c(c1)OCO2)NCc1nnc2ccccn12. The van der Waals surface area contributed by atoms with Gasteiger partial charge in [0.05, 0.1) is 13.1 Å². The summed E-state index contributed by atoms with van der Waals surface area (Å²) in [6.45, 7) is 1.83. The molecule has 0 radical (unpaired) electrons. The molecule has 0 bridgehead atoms. The van der Waals surface area contributed by atoms with Crippen molar-refractivity contribution in [3.05, 3.63) is 48.4 Å². The highest BCUT2D eigenvalue weighted by molar-refractivity contribution is 5.79. The van der Waals surface area contributed by atoms with Crippen LogP contribution in [0.15, 0.2) is 47.6 Å². The maximum absolute atomic E-state index is 5.73. The molecule has 2 aromatic heterocycles. The Bertz CT molecular complexity index is 955. The molecule has 0 atom stereocenters. The lowest BCUT2D eigenvalue weighted by atomic mass is 10.3. The van der Waals surface area contributed by atoms with Crippen LogP contribution in [-0.4, -0.2) is 47.5 Å². The molecule has 0 amide bonds. The molecule has 9 nitrogen and oxygen atoms in total. The van der Waals surface area contributed by atoms with Crippen LogP contribution in [0.2, 0.25) is 0 Å². The van der Waals surface area contributed by atoms with Crippen molar-refractivity contribution in [2.45, 2.75) is 6.54 Å². The summed E-state index contributed by atoms with van der Waals surface area (Å²) in [6.07, 6.45) is 1.93. The second kappa shape index (κ2) is 7.81. The van der Waals surface area contributed by atoms with Crippen LogP contribution in [0.1, 0.15) is 5.82 Å². The first kappa shape index (κ1) is 17.0. The van der Waals surface area contributed by atoms with Crippen molar-refractivity contribution in [1.82, 2.24) is 25.2 Å². The largest absolute Gasteiger partial charge is 0.492 e. The number of hydrogen-bond acceptors (Lipinski definition) is 6. The van der Waals surface area contributed by atoms with E-state index < -0.39 is 0 Å². The van der Waals surface area contributed by atoms with Crippen molar-refractivity contribution in [2.75, 3.05) is 27.0 Å². The zero-order valence-electron chi connectivity index (χ0n) is 14.9. The Morgan fingerprint density at radius 1 is 1.19 bits per heavy atom. The van der Waals surface area contributed by atoms with Crippen molar-refractivity contribution in [3.63, 3.8) is 0 Å². The number of aromatic nitrogens is 3. The average Bonchev–Trinajstić information content (AvgIpc) is 3.34. The van der Waals surface area contributed by atoms with Crippen LogP contribution in [0.5, 0.6) is 17.2 Å². The molecule has 0 saturated heterocycles. The Morgan fingerprint density at radius 3 is 3.04 bits per heavy atom. The van der Waals surface area contributed by atoms with E-state index in [1.54, 1.807) is 7.05 Å². The molecule has 3 heterocycles. The summed E-state index contributed by atoms with van der Waals surface area (Å²) in [5.41, 5.74) is 0.814. The van der Waals surface area contributed by atoms with Crippen LogP contribution in [-0.2, 0) is 6.54 Å². The quantitative estimate of drug-likeness (QED) is 0.384. The van der Waals surface area contributed by atoms with E-state index in [1.165, 1.54) is 0 Å². The van der Waals surface area contributed by atoms with Gasteiger partial charge in [-0.3, -0.25) is 9.39 Å². The van der Waals surface area contributed by atoms with Gasteiger partial charge in [0.15, 0.2) is 28.9 Å². The standard InChI is InChI=1S/C18H20N6O3/c1-19-18(21-11-17-23-22-16-4-2-3-8-24(16)17)20-7-9-25-13-5-6-14-15(10-13)27-12-26-14/h2-6,8,10H,7,9,11-12H2,1H3,(H2,19,20,21). The molecule has 1 aliphatic heterocycles. The van der Waals surface area contributed by atoms with E-state index in [-0.39, 0.29) is 6.79 Å². The molecule has 1 aliphatic rings. The van der Waals surface area contributed by atoms with Crippen LogP contribution in [0.3, 0.4) is 0 Å². The Kier molecular flexibility index (Phi) is 4.91. The molecule has 140 valence electrons. The van der Waals surface area contributed by atoms with Crippen LogP contribution in [0.4, 0.5) is 0 Å². The number of aliphatic imine (C=N–C) groups is 1. The average molecular weight is 368 g/mol. The molecule has 27 heavy (non-hydrogen) atoms. The molecule has 3 aromatic rings. The Balaban J connectivity index is 1.23. The fraction of sp³-hybridized carbons (Fsp3) is 0.278. The summed E-state index contributed by atoms with van der Waals surface area (Å²) in [5, 5.41) is 14.7. The lowest BCUT2D eigenvalue weighted by Crippen LogP contribution is -2.39. The third-order valence-electron chi connectivity index (χ3n) is 4.03. The number of fused-ring (bicyclic) bond motifs is 2. The van der Waals surface area contributed by atoms with Gasteiger partial charge in [-0.25, -0.2) is 0 Å². The molecule has 0 aliphatic carbocycles. The molecule has 0 unspecified atom stereocenters. The van der Waals surface area contributed by atoms with Gasteiger partial charge in [0, 0.05) is 19.3 Å². The van der Waals surface area contributed by atoms with Crippen LogP contribution < -0.4 is 24.8 Å². The number of benzene rings is 1. The van der Waals surface area contributed by atoms with Crippen molar-refractivity contribution < 1.29 is 14.2 Å². The van der Waals surface area contributed by atoms with E-state index in [9.17, 15) is 0 Å². The maximum atomic E-state index is 5.73. The molecule has 1 aromatic carbocycles. The first-order valence-corrected chi connectivity index (χ1v) is 8.59. The number of rotatable bonds is 6. The number of ether oxygens (including phenoxy) is 3. The topological polar surface area (TPSA) is 94.3 Å². The van der Waals surface area contributed by atoms with Gasteiger partial charge < -0.3 is 24.8 Å². The van der Waals surface area contributed by atoms with Crippen LogP contribution >= 0.6 is 0 Å². The summed E-state index contributed by atoms with van der Waals surface area (Å²) in [6, 6.07) is 11.3. The van der Waals surface area contributed by atoms with Gasteiger partial charge in [-0.1, -0.05) is 6.07 Å². The molecule has 0 fully saturated rings. The zero-order chi connectivity index (χ0) is 18.5. The predicted octanol–water partition coefficient (Wildman–Crippen LogP) is 1.20. The first-order valence-electron chi connectivity index (χ1n) is 8.59. The van der Waals surface area contributed by atoms with E-state index in [0.717, 1.165) is 23.0 Å². The smallest absolute Gasteiger partial charge is 0.231 e. The Morgan fingerprint density at radius 2 is 2.11 bits per heavy atom. The van der Waals surface area contributed by atoms with E-state index in [4.69, 9.17) is 14.2 Å². The number of nitrogens with one attached hydrogen (secondary N) is 2. The van der Waals surface area contributed by atoms with Gasteiger partial charge in [-0.2, -0.15) is 0 Å². The summed E-state index contributed by atoms with van der Waals surface area (Å²) in [4.78, 5) is 4.20. The zero-order valence-corrected chi connectivity index (χ0v) is 14.9. The summed E-state index contributed by atoms with van der Waals surface area (Å²) >= 11 is 0. The highest BCUT2D eigenvalue weighted by Gasteiger charge is 2.13. The van der Waals surface area contributed by atoms with Crippen LogP contribution in [0, 0.1) is 0 Å². The molecular weight excluding hydrogens is 348 g/mol. The van der Waals surface area contributed by atoms with Gasteiger partial charge in [0.1, 0.15) is 12.4 Å². The second-order valence-corrected chi connectivity index (χ2v) is 5.76. The summed E-state index contributed by atoms with van der Waals surface area (Å²) in [7, 11) is 1.72. The molecule has 4 rings (SSSR count). The highest BCUT2D eigenvalue weighted by atomic mass is 16.7. The van der Waals surface area contributed by atoms with Gasteiger partial charge in [-0.15, -0.1) is 10.2 Å². The fourth-order valence-corrected chi connectivity index (χ4v) is 2.70. The van der Waals surface area contributed by atoms with Gasteiger partial charge >= 0.3 is 0 Å². The van der Waals surface area contributed by atoms with Gasteiger partial charge in [0.2, 0.25) is 6.79 Å². The number of pyridine rings is 1. The molecule has 9 heteroatoms. The number of guanidine groups is 1. The van der Waals surface area contributed by atoms with Crippen molar-refractivity contribution in [3.8, 4) is 17.2 Å². The maximum Gasteiger partial charge on any atom is 0.231 e. The molecule has 0 spiro atoms. The summed E-state index contributed by atoms with van der Waals surface area (Å²) < 4.78 is 18.3. The third kappa shape index (κ3) is 3.86. The van der Waals surface area contributed by atoms with Crippen molar-refractivity contribution >= 4 is 11.6 Å². The first-order chi connectivity index (χ1) is 13.3. The van der Waals surface area contributed by atoms with E-state index in [0.29, 0.717) is 31.4 Å². The van der Waals surface area contributed by atoms with Crippen LogP contribution in [0.25, 0.3) is 5.65 Å². The second-order valence-electron chi connectivity index (χ2n) is 5.76. The number of hydrogen-bond donors (Lipinski definition) is 2. The summed E-state index contributed by atoms with van der Waals surface area (Å²) in [5.74, 6) is 3.66. The van der Waals surface area contributed by atoms with E-state index in [2.05, 4.69) is 25.8 Å². The third-order valence-corrected chi connectivity index (χ3v) is 4.03. The van der Waals surface area contributed by atoms with Crippen molar-refractivity contribution in [1.29, 1.82) is 0 Å². The Hall–Kier alpha value is -3.49. The van der Waals surface area contributed by atoms with E-state index in [1.807, 2.05) is 47.0 Å². The lowest BCUT2D eigenvalue weighted by Gasteiger charge is -2.12. The molecular formula is C18H20N6O3. The monoisotopic (exact) mass is 368 g/mol. The lowest BCUT2D eigenvalue weighted by molar-refractivity contribution is 0.173. The predicted molar refractivity (Wildman–Crippen MR) is 99.2 cm³/mol. The molecule has 0 saturated carbocycles.